The van der Waals surface area contributed by atoms with Gasteiger partial charge >= 0.3 is 12.1 Å². The van der Waals surface area contributed by atoms with Crippen LogP contribution in [0.1, 0.15) is 30.4 Å². The SMILES string of the molecule is COC(C)C(NC(=O)OCC1c2ccccc2-c2ccccc21)C(=O)N1C[C@H](O)C[C@H]1C(=O)O. The number of carboxylic acids is 1. The standard InChI is InChI=1S/C25H28N2O7/c1-14(33-2)22(23(29)27-12-15(28)11-21(27)24(30)31)26-25(32)34-13-20-18-9-5-3-7-16(18)17-8-4-6-10-19(17)20/h3-10,14-15,20-22,28H,11-13H2,1-2H3,(H,26,32)(H,30,31)/t14?,15-,21+,22?/m1/s1. The number of carbonyl (C=O) groups excluding carboxylic acids is 2. The van der Waals surface area contributed by atoms with Crippen molar-refractivity contribution in [1.82, 2.24) is 10.2 Å². The van der Waals surface area contributed by atoms with E-state index in [0.717, 1.165) is 27.2 Å². The van der Waals surface area contributed by atoms with Gasteiger partial charge in [0.2, 0.25) is 5.91 Å². The Morgan fingerprint density at radius 1 is 1.09 bits per heavy atom. The molecule has 1 aliphatic carbocycles. The molecule has 3 N–H and O–H groups in total. The van der Waals surface area contributed by atoms with E-state index in [-0.39, 0.29) is 25.5 Å². The minimum atomic E-state index is -1.21. The highest BCUT2D eigenvalue weighted by Crippen LogP contribution is 2.44. The minimum Gasteiger partial charge on any atom is -0.480 e. The van der Waals surface area contributed by atoms with Gasteiger partial charge in [0.1, 0.15) is 18.7 Å². The molecule has 1 aliphatic heterocycles. The molecule has 180 valence electrons. The van der Waals surface area contributed by atoms with E-state index >= 15 is 0 Å². The van der Waals surface area contributed by atoms with Gasteiger partial charge in [-0.2, -0.15) is 0 Å². The van der Waals surface area contributed by atoms with Crippen molar-refractivity contribution in [3.8, 4) is 11.1 Å². The number of carbonyl (C=O) groups is 3. The number of aliphatic hydroxyl groups excluding tert-OH is 1. The number of alkyl carbamates (subject to hydrolysis) is 1. The largest absolute Gasteiger partial charge is 0.480 e. The van der Waals surface area contributed by atoms with Crippen LogP contribution in [-0.4, -0.2) is 77.6 Å². The van der Waals surface area contributed by atoms with Crippen LogP contribution in [0.15, 0.2) is 48.5 Å². The molecular weight excluding hydrogens is 440 g/mol. The molecule has 34 heavy (non-hydrogen) atoms. The average molecular weight is 469 g/mol. The first kappa shape index (κ1) is 23.7. The number of carboxylic acid groups (broad SMARTS) is 1. The number of amides is 2. The van der Waals surface area contributed by atoms with E-state index in [0.29, 0.717) is 0 Å². The maximum atomic E-state index is 13.1. The third-order valence-corrected chi connectivity index (χ3v) is 6.57. The second-order valence-electron chi connectivity index (χ2n) is 8.62. The van der Waals surface area contributed by atoms with Crippen molar-refractivity contribution in [3.05, 3.63) is 59.7 Å². The van der Waals surface area contributed by atoms with Crippen LogP contribution in [0.4, 0.5) is 4.79 Å². The van der Waals surface area contributed by atoms with Crippen LogP contribution in [0.5, 0.6) is 0 Å². The Morgan fingerprint density at radius 2 is 1.68 bits per heavy atom. The zero-order valence-corrected chi connectivity index (χ0v) is 19.0. The molecular formula is C25H28N2O7. The zero-order chi connectivity index (χ0) is 24.4. The van der Waals surface area contributed by atoms with Gasteiger partial charge in [0.05, 0.1) is 12.2 Å². The van der Waals surface area contributed by atoms with Crippen LogP contribution in [0.25, 0.3) is 11.1 Å². The maximum Gasteiger partial charge on any atom is 0.407 e. The number of rotatable bonds is 7. The first-order valence-corrected chi connectivity index (χ1v) is 11.2. The van der Waals surface area contributed by atoms with Crippen molar-refractivity contribution in [3.63, 3.8) is 0 Å². The number of benzene rings is 2. The highest BCUT2D eigenvalue weighted by molar-refractivity contribution is 5.90. The van der Waals surface area contributed by atoms with Crippen molar-refractivity contribution in [2.24, 2.45) is 0 Å². The van der Waals surface area contributed by atoms with Crippen LogP contribution >= 0.6 is 0 Å². The number of ether oxygens (including phenoxy) is 2. The number of hydrogen-bond acceptors (Lipinski definition) is 6. The molecule has 1 saturated heterocycles. The van der Waals surface area contributed by atoms with Gasteiger partial charge in [-0.05, 0) is 29.2 Å². The van der Waals surface area contributed by atoms with Crippen molar-refractivity contribution >= 4 is 18.0 Å². The lowest BCUT2D eigenvalue weighted by Gasteiger charge is -2.29. The summed E-state index contributed by atoms with van der Waals surface area (Å²) in [7, 11) is 1.39. The number of nitrogens with one attached hydrogen (secondary N) is 1. The summed E-state index contributed by atoms with van der Waals surface area (Å²) >= 11 is 0. The fraction of sp³-hybridized carbons (Fsp3) is 0.400. The Kier molecular flexibility index (Phi) is 6.85. The Labute approximate surface area is 197 Å². The molecule has 9 nitrogen and oxygen atoms in total. The third kappa shape index (κ3) is 4.49. The molecule has 4 rings (SSSR count). The van der Waals surface area contributed by atoms with Crippen LogP contribution < -0.4 is 5.32 Å². The van der Waals surface area contributed by atoms with E-state index in [1.807, 2.05) is 48.5 Å². The molecule has 1 heterocycles. The van der Waals surface area contributed by atoms with Crippen LogP contribution in [0.3, 0.4) is 0 Å². The number of aliphatic hydroxyl groups is 1. The molecule has 0 bridgehead atoms. The van der Waals surface area contributed by atoms with Gasteiger partial charge in [-0.25, -0.2) is 9.59 Å². The van der Waals surface area contributed by atoms with Gasteiger partial charge in [-0.1, -0.05) is 48.5 Å². The summed E-state index contributed by atoms with van der Waals surface area (Å²) in [4.78, 5) is 38.5. The number of β-amino-alcohol motifs (C(OH)–C–C–N with tert-alkyl or cyclic N) is 1. The molecule has 2 aliphatic rings. The van der Waals surface area contributed by atoms with E-state index in [9.17, 15) is 24.6 Å². The van der Waals surface area contributed by atoms with Crippen LogP contribution in [0, 0.1) is 0 Å². The molecule has 0 saturated carbocycles. The number of nitrogens with zero attached hydrogens (tertiary/aromatic N) is 1. The van der Waals surface area contributed by atoms with Gasteiger partial charge in [0, 0.05) is 26.0 Å². The van der Waals surface area contributed by atoms with Crippen molar-refractivity contribution in [1.29, 1.82) is 0 Å². The van der Waals surface area contributed by atoms with Gasteiger partial charge in [-0.15, -0.1) is 0 Å². The second kappa shape index (κ2) is 9.82. The Hall–Kier alpha value is -3.43. The lowest BCUT2D eigenvalue weighted by atomic mass is 9.98. The molecule has 9 heteroatoms. The fourth-order valence-corrected chi connectivity index (χ4v) is 4.75. The smallest absolute Gasteiger partial charge is 0.407 e. The third-order valence-electron chi connectivity index (χ3n) is 6.57. The molecule has 0 radical (unpaired) electrons. The summed E-state index contributed by atoms with van der Waals surface area (Å²) in [5, 5.41) is 21.9. The lowest BCUT2D eigenvalue weighted by Crippen LogP contribution is -2.56. The van der Waals surface area contributed by atoms with E-state index in [1.54, 1.807) is 6.92 Å². The molecule has 4 atom stereocenters. The van der Waals surface area contributed by atoms with E-state index < -0.39 is 42.3 Å². The summed E-state index contributed by atoms with van der Waals surface area (Å²) in [6.07, 6.45) is -2.57. The minimum absolute atomic E-state index is 0.0693. The first-order chi connectivity index (χ1) is 16.3. The lowest BCUT2D eigenvalue weighted by molar-refractivity contribution is -0.150. The number of likely N-dealkylation sites (tertiary alicyclic amines) is 1. The summed E-state index contributed by atoms with van der Waals surface area (Å²) < 4.78 is 10.8. The maximum absolute atomic E-state index is 13.1. The van der Waals surface area contributed by atoms with Gasteiger partial charge in [0.15, 0.2) is 0 Å². The average Bonchev–Trinajstić information content (AvgIpc) is 3.38. The van der Waals surface area contributed by atoms with E-state index in [2.05, 4.69) is 5.32 Å². The molecule has 2 aromatic carbocycles. The highest BCUT2D eigenvalue weighted by atomic mass is 16.5. The quantitative estimate of drug-likeness (QED) is 0.567. The Balaban J connectivity index is 1.46. The Bertz CT molecular complexity index is 1040. The first-order valence-electron chi connectivity index (χ1n) is 11.2. The molecule has 2 aromatic rings. The van der Waals surface area contributed by atoms with Gasteiger partial charge in [-0.3, -0.25) is 4.79 Å². The van der Waals surface area contributed by atoms with Crippen molar-refractivity contribution < 1.29 is 34.1 Å². The predicted molar refractivity (Wildman–Crippen MR) is 122 cm³/mol. The van der Waals surface area contributed by atoms with Crippen molar-refractivity contribution in [2.75, 3.05) is 20.3 Å². The van der Waals surface area contributed by atoms with Crippen molar-refractivity contribution in [2.45, 2.75) is 43.6 Å². The fourth-order valence-electron chi connectivity index (χ4n) is 4.75. The highest BCUT2D eigenvalue weighted by Gasteiger charge is 2.43. The molecule has 0 aromatic heterocycles. The molecule has 0 spiro atoms. The summed E-state index contributed by atoms with van der Waals surface area (Å²) in [5.74, 6) is -2.00. The normalized spacial score (nSPS) is 20.9. The molecule has 1 fully saturated rings. The number of methoxy groups -OCH3 is 1. The van der Waals surface area contributed by atoms with Crippen LogP contribution in [-0.2, 0) is 19.1 Å². The second-order valence-corrected chi connectivity index (χ2v) is 8.62. The van der Waals surface area contributed by atoms with Gasteiger partial charge < -0.3 is 29.9 Å². The topological polar surface area (TPSA) is 125 Å². The zero-order valence-electron chi connectivity index (χ0n) is 19.0. The number of aliphatic carboxylic acids is 1. The molecule has 2 amide bonds. The van der Waals surface area contributed by atoms with Crippen LogP contribution in [0.2, 0.25) is 0 Å². The molecule has 2 unspecified atom stereocenters. The van der Waals surface area contributed by atoms with Gasteiger partial charge in [0.25, 0.3) is 0 Å². The summed E-state index contributed by atoms with van der Waals surface area (Å²) in [6.45, 7) is 1.53. The monoisotopic (exact) mass is 468 g/mol. The number of fused-ring (bicyclic) bond motifs is 3. The Morgan fingerprint density at radius 3 is 2.24 bits per heavy atom. The summed E-state index contributed by atoms with van der Waals surface area (Å²) in [6, 6.07) is 13.6. The van der Waals surface area contributed by atoms with E-state index in [1.165, 1.54) is 7.11 Å². The van der Waals surface area contributed by atoms with E-state index in [4.69, 9.17) is 9.47 Å². The predicted octanol–water partition coefficient (Wildman–Crippen LogP) is 1.97. The number of hydrogen-bond donors (Lipinski definition) is 3. The summed E-state index contributed by atoms with van der Waals surface area (Å²) in [5.41, 5.74) is 4.32.